The molecule has 0 unspecified atom stereocenters. The summed E-state index contributed by atoms with van der Waals surface area (Å²) in [5.41, 5.74) is 0.574. The predicted molar refractivity (Wildman–Crippen MR) is 93.5 cm³/mol. The maximum atomic E-state index is 12.2. The number of methoxy groups -OCH3 is 1. The van der Waals surface area contributed by atoms with Crippen LogP contribution in [0.5, 0.6) is 17.2 Å². The van der Waals surface area contributed by atoms with Crippen molar-refractivity contribution >= 4 is 17.6 Å². The highest BCUT2D eigenvalue weighted by Crippen LogP contribution is 2.31. The number of hydrogen-bond donors (Lipinski definition) is 1. The Bertz CT molecular complexity index is 789. The lowest BCUT2D eigenvalue weighted by Crippen LogP contribution is -2.41. The van der Waals surface area contributed by atoms with Gasteiger partial charge in [-0.1, -0.05) is 12.1 Å². The number of esters is 1. The minimum Gasteiger partial charge on any atom is -0.497 e. The van der Waals surface area contributed by atoms with Crippen LogP contribution in [0.1, 0.15) is 6.92 Å². The number of carbonyl (C=O) groups excluding carboxylic acids is 2. The van der Waals surface area contributed by atoms with Crippen LogP contribution in [0.3, 0.4) is 0 Å². The molecule has 0 bridgehead atoms. The van der Waals surface area contributed by atoms with Crippen LogP contribution < -0.4 is 19.5 Å². The van der Waals surface area contributed by atoms with Crippen molar-refractivity contribution in [2.75, 3.05) is 19.0 Å². The number of carbonyl (C=O) groups is 2. The Morgan fingerprint density at radius 2 is 1.81 bits per heavy atom. The van der Waals surface area contributed by atoms with Crippen molar-refractivity contribution in [3.05, 3.63) is 48.5 Å². The average molecular weight is 357 g/mol. The number of nitrogens with one attached hydrogen (secondary N) is 1. The van der Waals surface area contributed by atoms with Crippen LogP contribution in [0.2, 0.25) is 0 Å². The number of fused-ring (bicyclic) bond motifs is 1. The molecule has 1 heterocycles. The van der Waals surface area contributed by atoms with Gasteiger partial charge in [-0.2, -0.15) is 0 Å². The second-order valence-corrected chi connectivity index (χ2v) is 5.66. The Balaban J connectivity index is 1.54. The van der Waals surface area contributed by atoms with Crippen molar-refractivity contribution in [1.29, 1.82) is 0 Å². The van der Waals surface area contributed by atoms with Gasteiger partial charge in [0.15, 0.2) is 17.6 Å². The van der Waals surface area contributed by atoms with Crippen molar-refractivity contribution < 1.29 is 28.5 Å². The molecular weight excluding hydrogens is 338 g/mol. The molecule has 0 saturated carbocycles. The first-order valence-electron chi connectivity index (χ1n) is 8.10. The van der Waals surface area contributed by atoms with Crippen LogP contribution in [-0.4, -0.2) is 37.8 Å². The van der Waals surface area contributed by atoms with Crippen LogP contribution in [0.25, 0.3) is 0 Å². The quantitative estimate of drug-likeness (QED) is 0.828. The first kappa shape index (κ1) is 17.6. The normalized spacial score (nSPS) is 16.3. The van der Waals surface area contributed by atoms with E-state index in [0.717, 1.165) is 0 Å². The number of rotatable bonds is 5. The van der Waals surface area contributed by atoms with Gasteiger partial charge in [-0.25, -0.2) is 4.79 Å². The smallest absolute Gasteiger partial charge is 0.351 e. The molecule has 0 aliphatic carbocycles. The van der Waals surface area contributed by atoms with Crippen LogP contribution in [-0.2, 0) is 14.3 Å². The molecule has 7 heteroatoms. The Kier molecular flexibility index (Phi) is 5.26. The molecular formula is C19H19NO6. The zero-order valence-corrected chi connectivity index (χ0v) is 14.4. The topological polar surface area (TPSA) is 83.1 Å². The Morgan fingerprint density at radius 1 is 1.12 bits per heavy atom. The van der Waals surface area contributed by atoms with Gasteiger partial charge in [-0.05, 0) is 43.3 Å². The lowest BCUT2D eigenvalue weighted by Gasteiger charge is -2.25. The number of benzene rings is 2. The number of amides is 1. The molecule has 1 amide bonds. The third-order valence-corrected chi connectivity index (χ3v) is 3.79. The summed E-state index contributed by atoms with van der Waals surface area (Å²) in [4.78, 5) is 24.4. The Hall–Kier alpha value is -3.22. The summed E-state index contributed by atoms with van der Waals surface area (Å²) in [5, 5.41) is 2.67. The lowest BCUT2D eigenvalue weighted by atomic mass is 10.2. The largest absolute Gasteiger partial charge is 0.497 e. The van der Waals surface area contributed by atoms with Crippen molar-refractivity contribution in [1.82, 2.24) is 0 Å². The van der Waals surface area contributed by atoms with E-state index in [0.29, 0.717) is 22.9 Å². The molecule has 2 aromatic rings. The van der Waals surface area contributed by atoms with Crippen LogP contribution >= 0.6 is 0 Å². The molecule has 26 heavy (non-hydrogen) atoms. The molecule has 7 nitrogen and oxygen atoms in total. The Labute approximate surface area is 150 Å². The highest BCUT2D eigenvalue weighted by Gasteiger charge is 2.31. The molecule has 1 N–H and O–H groups in total. The third kappa shape index (κ3) is 4.05. The predicted octanol–water partition coefficient (Wildman–Crippen LogP) is 2.41. The summed E-state index contributed by atoms with van der Waals surface area (Å²) in [6, 6.07) is 13.9. The van der Waals surface area contributed by atoms with Crippen molar-refractivity contribution in [3.8, 4) is 17.2 Å². The van der Waals surface area contributed by atoms with Crippen LogP contribution in [0.15, 0.2) is 48.5 Å². The van der Waals surface area contributed by atoms with Crippen molar-refractivity contribution in [2.24, 2.45) is 0 Å². The Morgan fingerprint density at radius 3 is 2.50 bits per heavy atom. The fraction of sp³-hybridized carbons (Fsp3) is 0.263. The van der Waals surface area contributed by atoms with Gasteiger partial charge in [0.05, 0.1) is 7.11 Å². The van der Waals surface area contributed by atoms with Gasteiger partial charge in [0.1, 0.15) is 12.4 Å². The fourth-order valence-corrected chi connectivity index (χ4v) is 2.36. The molecule has 1 aliphatic rings. The van der Waals surface area contributed by atoms with Gasteiger partial charge in [0.25, 0.3) is 5.91 Å². The van der Waals surface area contributed by atoms with E-state index >= 15 is 0 Å². The van der Waals surface area contributed by atoms with Gasteiger partial charge < -0.3 is 24.3 Å². The first-order valence-corrected chi connectivity index (χ1v) is 8.10. The van der Waals surface area contributed by atoms with Gasteiger partial charge in [0, 0.05) is 5.69 Å². The summed E-state index contributed by atoms with van der Waals surface area (Å²) in [6.45, 7) is 1.52. The van der Waals surface area contributed by atoms with E-state index < -0.39 is 24.1 Å². The van der Waals surface area contributed by atoms with E-state index in [4.69, 9.17) is 18.9 Å². The highest BCUT2D eigenvalue weighted by molar-refractivity contribution is 5.95. The first-order chi connectivity index (χ1) is 12.6. The van der Waals surface area contributed by atoms with E-state index in [1.807, 2.05) is 6.07 Å². The van der Waals surface area contributed by atoms with Gasteiger partial charge in [-0.15, -0.1) is 0 Å². The molecule has 3 rings (SSSR count). The highest BCUT2D eigenvalue weighted by atomic mass is 16.6. The van der Waals surface area contributed by atoms with Crippen LogP contribution in [0.4, 0.5) is 5.69 Å². The monoisotopic (exact) mass is 357 g/mol. The van der Waals surface area contributed by atoms with Gasteiger partial charge >= 0.3 is 5.97 Å². The number of hydrogen-bond acceptors (Lipinski definition) is 6. The fourth-order valence-electron chi connectivity index (χ4n) is 2.36. The van der Waals surface area contributed by atoms with Gasteiger partial charge in [0.2, 0.25) is 6.10 Å². The molecule has 0 aromatic heterocycles. The van der Waals surface area contributed by atoms with Crippen molar-refractivity contribution in [3.63, 3.8) is 0 Å². The zero-order chi connectivity index (χ0) is 18.5. The number of para-hydroxylation sites is 2. The third-order valence-electron chi connectivity index (χ3n) is 3.79. The van der Waals surface area contributed by atoms with Crippen LogP contribution in [0, 0.1) is 0 Å². The SMILES string of the molecule is COc1ccc(NC(=O)[C@H](C)OC(=O)[C@H]2COc3ccccc3O2)cc1. The lowest BCUT2D eigenvalue weighted by molar-refractivity contribution is -0.162. The van der Waals surface area contributed by atoms with E-state index in [1.54, 1.807) is 49.6 Å². The molecule has 0 saturated heterocycles. The summed E-state index contributed by atoms with van der Waals surface area (Å²) >= 11 is 0. The van der Waals surface area contributed by atoms with E-state index in [-0.39, 0.29) is 6.61 Å². The minimum atomic E-state index is -0.981. The summed E-state index contributed by atoms with van der Waals surface area (Å²) in [6.07, 6.45) is -1.90. The van der Waals surface area contributed by atoms with E-state index in [1.165, 1.54) is 6.92 Å². The molecule has 1 aliphatic heterocycles. The van der Waals surface area contributed by atoms with Crippen molar-refractivity contribution in [2.45, 2.75) is 19.1 Å². The van der Waals surface area contributed by atoms with Gasteiger partial charge in [-0.3, -0.25) is 4.79 Å². The molecule has 2 atom stereocenters. The second-order valence-electron chi connectivity index (χ2n) is 5.66. The van der Waals surface area contributed by atoms with E-state index in [2.05, 4.69) is 5.32 Å². The maximum absolute atomic E-state index is 12.2. The van der Waals surface area contributed by atoms with E-state index in [9.17, 15) is 9.59 Å². The molecule has 2 aromatic carbocycles. The molecule has 0 spiro atoms. The molecule has 0 radical (unpaired) electrons. The molecule has 136 valence electrons. The minimum absolute atomic E-state index is 0.0304. The maximum Gasteiger partial charge on any atom is 0.351 e. The summed E-state index contributed by atoms with van der Waals surface area (Å²) in [5.74, 6) is 0.618. The standard InChI is InChI=1S/C19H19NO6/c1-12(18(21)20-13-7-9-14(23-2)10-8-13)25-19(22)17-11-24-15-5-3-4-6-16(15)26-17/h3-10,12,17H,11H2,1-2H3,(H,20,21)/t12-,17+/m0/s1. The zero-order valence-electron chi connectivity index (χ0n) is 14.4. The summed E-state index contributed by atoms with van der Waals surface area (Å²) < 4.78 is 21.3. The number of ether oxygens (including phenoxy) is 4. The second kappa shape index (κ2) is 7.77. The average Bonchev–Trinajstić information content (AvgIpc) is 2.68. The number of anilines is 1. The summed E-state index contributed by atoms with van der Waals surface area (Å²) in [7, 11) is 1.56. The molecule has 0 fully saturated rings.